The van der Waals surface area contributed by atoms with Crippen LogP contribution in [0, 0.1) is 10.1 Å². The van der Waals surface area contributed by atoms with Crippen molar-refractivity contribution in [1.29, 1.82) is 0 Å². The van der Waals surface area contributed by atoms with E-state index < -0.39 is 17.8 Å². The second-order valence-electron chi connectivity index (χ2n) is 7.20. The molecule has 1 aliphatic heterocycles. The predicted octanol–water partition coefficient (Wildman–Crippen LogP) is 5.99. The van der Waals surface area contributed by atoms with Gasteiger partial charge >= 0.3 is 0 Å². The number of hydrazone groups is 1. The molecule has 7 nitrogen and oxygen atoms in total. The van der Waals surface area contributed by atoms with E-state index in [1.807, 2.05) is 60.7 Å². The highest BCUT2D eigenvalue weighted by Gasteiger charge is 2.37. The lowest BCUT2D eigenvalue weighted by Gasteiger charge is -2.30. The Morgan fingerprint density at radius 3 is 2.12 bits per heavy atom. The first-order valence-corrected chi connectivity index (χ1v) is 12.0. The Hall–Kier alpha value is -3.83. The molecule has 1 atom stereocenters. The van der Waals surface area contributed by atoms with Crippen LogP contribution in [0.15, 0.2) is 95.8 Å². The number of para-hydroxylation sites is 1. The van der Waals surface area contributed by atoms with Crippen LogP contribution in [0.25, 0.3) is 5.70 Å². The van der Waals surface area contributed by atoms with Crippen LogP contribution in [0.1, 0.15) is 22.8 Å². The van der Waals surface area contributed by atoms with Crippen molar-refractivity contribution in [3.05, 3.63) is 112 Å². The second-order valence-corrected chi connectivity index (χ2v) is 10.1. The lowest BCUT2D eigenvalue weighted by atomic mass is 10.1. The molecule has 1 aliphatic rings. The van der Waals surface area contributed by atoms with Gasteiger partial charge in [0.05, 0.1) is 16.3 Å². The molecule has 1 unspecified atom stereocenters. The smallest absolute Gasteiger partial charge is 0.269 e. The average molecular weight is 445 g/mol. The van der Waals surface area contributed by atoms with Crippen molar-refractivity contribution in [3.63, 3.8) is 0 Å². The van der Waals surface area contributed by atoms with E-state index in [2.05, 4.69) is 5.10 Å². The zero-order valence-electron chi connectivity index (χ0n) is 17.3. The fourth-order valence-electron chi connectivity index (χ4n) is 3.43. The third kappa shape index (κ3) is 4.03. The summed E-state index contributed by atoms with van der Waals surface area (Å²) in [4.78, 5) is 23.8. The molecule has 3 aromatic carbocycles. The molecule has 0 aliphatic carbocycles. The molecule has 0 fully saturated rings. The van der Waals surface area contributed by atoms with Crippen LogP contribution >= 0.6 is 7.14 Å². The first-order chi connectivity index (χ1) is 15.4. The maximum atomic E-state index is 13.9. The molecule has 0 radical (unpaired) electrons. The molecular weight excluding hydrogens is 425 g/mol. The first-order valence-electron chi connectivity index (χ1n) is 10.0. The molecule has 1 heterocycles. The van der Waals surface area contributed by atoms with Gasteiger partial charge in [-0.1, -0.05) is 55.5 Å². The number of carbonyl (C=O) groups is 1. The molecule has 160 valence electrons. The van der Waals surface area contributed by atoms with Crippen LogP contribution < -0.4 is 5.01 Å². The third-order valence-electron chi connectivity index (χ3n) is 5.20. The highest BCUT2D eigenvalue weighted by molar-refractivity contribution is 7.86. The number of rotatable bonds is 6. The summed E-state index contributed by atoms with van der Waals surface area (Å²) in [5.74, 6) is 1.15. The molecule has 4 rings (SSSR count). The number of benzene rings is 3. The van der Waals surface area contributed by atoms with Crippen molar-refractivity contribution < 1.29 is 14.3 Å². The lowest BCUT2D eigenvalue weighted by molar-refractivity contribution is -0.384. The minimum atomic E-state index is -3.27. The number of anilines is 1. The van der Waals surface area contributed by atoms with Gasteiger partial charge in [0.2, 0.25) is 5.78 Å². The Bertz CT molecular complexity index is 1270. The highest BCUT2D eigenvalue weighted by Crippen LogP contribution is 2.55. The number of nitro groups is 1. The molecular formula is C24H20N3O4P. The van der Waals surface area contributed by atoms with Gasteiger partial charge in [-0.05, 0) is 24.3 Å². The van der Waals surface area contributed by atoms with Crippen molar-refractivity contribution in [2.75, 3.05) is 11.2 Å². The number of carbonyl (C=O) groups excluding carboxylic acids is 1. The van der Waals surface area contributed by atoms with Crippen LogP contribution in [-0.2, 0) is 4.57 Å². The number of hydrogen-bond acceptors (Lipinski definition) is 6. The number of Topliss-reactive ketones (excluding diaryl/α,β-unsaturated/α-hetero) is 1. The van der Waals surface area contributed by atoms with Gasteiger partial charge in [-0.25, -0.2) is 5.01 Å². The quantitative estimate of drug-likeness (QED) is 0.201. The van der Waals surface area contributed by atoms with Gasteiger partial charge < -0.3 is 4.57 Å². The number of ketones is 1. The van der Waals surface area contributed by atoms with Crippen LogP contribution in [0.5, 0.6) is 0 Å². The molecule has 0 saturated heterocycles. The molecule has 0 amide bonds. The van der Waals surface area contributed by atoms with Gasteiger partial charge in [0, 0.05) is 35.2 Å². The highest BCUT2D eigenvalue weighted by atomic mass is 31.2. The topological polar surface area (TPSA) is 92.9 Å². The van der Waals surface area contributed by atoms with E-state index in [9.17, 15) is 19.5 Å². The maximum absolute atomic E-state index is 13.9. The summed E-state index contributed by atoms with van der Waals surface area (Å²) in [5.41, 5.74) is 2.23. The fourth-order valence-corrected chi connectivity index (χ4v) is 5.40. The summed E-state index contributed by atoms with van der Waals surface area (Å²) >= 11 is 0. The molecule has 0 bridgehead atoms. The second kappa shape index (κ2) is 8.73. The number of nitro benzene ring substituents is 1. The van der Waals surface area contributed by atoms with E-state index in [0.717, 1.165) is 11.3 Å². The SMILES string of the molecule is CCP1(=O)C=C(c2ccccc2)N(c2ccccc2)N=C1C(=O)c1ccc([N+](=O)[O-])cc1. The molecule has 32 heavy (non-hydrogen) atoms. The summed E-state index contributed by atoms with van der Waals surface area (Å²) in [7, 11) is -3.27. The van der Waals surface area contributed by atoms with Crippen LogP contribution in [-0.4, -0.2) is 22.3 Å². The zero-order valence-corrected chi connectivity index (χ0v) is 18.2. The van der Waals surface area contributed by atoms with Crippen molar-refractivity contribution in [2.24, 2.45) is 5.10 Å². The average Bonchev–Trinajstić information content (AvgIpc) is 2.84. The van der Waals surface area contributed by atoms with E-state index in [1.165, 1.54) is 24.3 Å². The van der Waals surface area contributed by atoms with E-state index in [4.69, 9.17) is 0 Å². The van der Waals surface area contributed by atoms with E-state index in [0.29, 0.717) is 5.70 Å². The molecule has 0 spiro atoms. The minimum absolute atomic E-state index is 0.0441. The number of non-ortho nitro benzene ring substituents is 1. The normalized spacial score (nSPS) is 18.0. The number of nitrogens with zero attached hydrogens (tertiary/aromatic N) is 3. The van der Waals surface area contributed by atoms with Gasteiger partial charge in [0.1, 0.15) is 0 Å². The van der Waals surface area contributed by atoms with Crippen molar-refractivity contribution in [1.82, 2.24) is 0 Å². The Labute approximate surface area is 185 Å². The summed E-state index contributed by atoms with van der Waals surface area (Å²) in [6, 6.07) is 24.0. The summed E-state index contributed by atoms with van der Waals surface area (Å²) in [5, 5.41) is 17.2. The molecule has 8 heteroatoms. The van der Waals surface area contributed by atoms with Gasteiger partial charge in [0.15, 0.2) is 12.6 Å². The maximum Gasteiger partial charge on any atom is 0.269 e. The van der Waals surface area contributed by atoms with E-state index >= 15 is 0 Å². The van der Waals surface area contributed by atoms with Gasteiger partial charge in [0.25, 0.3) is 5.69 Å². The molecule has 0 saturated carbocycles. The monoisotopic (exact) mass is 445 g/mol. The number of hydrogen-bond donors (Lipinski definition) is 0. The Morgan fingerprint density at radius 1 is 0.969 bits per heavy atom. The Balaban J connectivity index is 1.84. The van der Waals surface area contributed by atoms with Crippen molar-refractivity contribution in [3.8, 4) is 0 Å². The van der Waals surface area contributed by atoms with E-state index in [1.54, 1.807) is 17.7 Å². The van der Waals surface area contributed by atoms with E-state index in [-0.39, 0.29) is 22.9 Å². The van der Waals surface area contributed by atoms with Crippen molar-refractivity contribution >= 4 is 35.4 Å². The van der Waals surface area contributed by atoms with Gasteiger partial charge in [-0.15, -0.1) is 0 Å². The standard InChI is InChI=1S/C24H20N3O4P/c1-2-32(31)17-22(18-9-5-3-6-10-18)26(20-11-7-4-8-12-20)25-24(32)23(28)19-13-15-21(16-14-19)27(29)30/h3-17H,2H2,1H3. The van der Waals surface area contributed by atoms with Crippen LogP contribution in [0.4, 0.5) is 11.4 Å². The van der Waals surface area contributed by atoms with Crippen molar-refractivity contribution in [2.45, 2.75) is 6.92 Å². The zero-order chi connectivity index (χ0) is 22.7. The van der Waals surface area contributed by atoms with Gasteiger partial charge in [-0.2, -0.15) is 5.10 Å². The van der Waals surface area contributed by atoms with Gasteiger partial charge in [-0.3, -0.25) is 14.9 Å². The summed E-state index contributed by atoms with van der Waals surface area (Å²) in [6.07, 6.45) is 0.226. The third-order valence-corrected chi connectivity index (χ3v) is 7.81. The van der Waals surface area contributed by atoms with Crippen LogP contribution in [0.3, 0.4) is 0 Å². The molecule has 0 N–H and O–H groups in total. The molecule has 3 aromatic rings. The lowest BCUT2D eigenvalue weighted by Crippen LogP contribution is -2.27. The Morgan fingerprint density at radius 2 is 1.56 bits per heavy atom. The summed E-state index contributed by atoms with van der Waals surface area (Å²) < 4.78 is 13.9. The minimum Gasteiger partial charge on any atom is -0.312 e. The van der Waals surface area contributed by atoms with Crippen LogP contribution in [0.2, 0.25) is 0 Å². The Kier molecular flexibility index (Phi) is 5.84. The predicted molar refractivity (Wildman–Crippen MR) is 126 cm³/mol. The summed E-state index contributed by atoms with van der Waals surface area (Å²) in [6.45, 7) is 1.76. The molecule has 0 aromatic heterocycles. The first kappa shape index (κ1) is 21.4. The largest absolute Gasteiger partial charge is 0.312 e. The fraction of sp³-hybridized carbons (Fsp3) is 0.0833.